The highest BCUT2D eigenvalue weighted by molar-refractivity contribution is 5.77. The first-order valence-electron chi connectivity index (χ1n) is 6.75. The molecule has 2 N–H and O–H groups in total. The third-order valence-corrected chi connectivity index (χ3v) is 2.80. The van der Waals surface area contributed by atoms with Crippen LogP contribution in [0.15, 0.2) is 45.6 Å². The van der Waals surface area contributed by atoms with Gasteiger partial charge in [-0.2, -0.15) is 0 Å². The van der Waals surface area contributed by atoms with Gasteiger partial charge in [0.2, 0.25) is 0 Å². The summed E-state index contributed by atoms with van der Waals surface area (Å²) in [6.07, 6.45) is 1.02. The first kappa shape index (κ1) is 15.5. The number of hydrogen-bond acceptors (Lipinski definition) is 5. The summed E-state index contributed by atoms with van der Waals surface area (Å²) in [6, 6.07) is 9.12. The van der Waals surface area contributed by atoms with Gasteiger partial charge in [-0.15, -0.1) is 0 Å². The summed E-state index contributed by atoms with van der Waals surface area (Å²) in [6.45, 7) is 1.84. The van der Waals surface area contributed by atoms with Gasteiger partial charge in [0.1, 0.15) is 17.0 Å². The molecule has 0 saturated heterocycles. The van der Waals surface area contributed by atoms with Crippen molar-refractivity contribution >= 4 is 17.1 Å². The smallest absolute Gasteiger partial charge is 0.303 e. The van der Waals surface area contributed by atoms with E-state index < -0.39 is 5.97 Å². The Kier molecular flexibility index (Phi) is 4.73. The molecule has 6 nitrogen and oxygen atoms in total. The van der Waals surface area contributed by atoms with Gasteiger partial charge in [0, 0.05) is 18.6 Å². The second-order valence-electron chi connectivity index (χ2n) is 4.64. The zero-order valence-corrected chi connectivity index (χ0v) is 11.9. The summed E-state index contributed by atoms with van der Waals surface area (Å²) < 4.78 is 5.49. The molecule has 0 fully saturated rings. The molecule has 0 amide bonds. The van der Waals surface area contributed by atoms with E-state index in [1.165, 1.54) is 18.2 Å². The number of benzene rings is 2. The summed E-state index contributed by atoms with van der Waals surface area (Å²) >= 11 is 0. The number of fused-ring (bicyclic) bond motifs is 2. The standard InChI is InChI=1S/C12H7NO3.C4H8O2/c14-7-1-3-9-11(5-7)16-12-6-8(15)2-4-10(12)13-9;1-2-3-4(5)6/h1-6,14H;2-3H2,1H3,(H,5,6). The van der Waals surface area contributed by atoms with Crippen molar-refractivity contribution in [2.45, 2.75) is 19.8 Å². The lowest BCUT2D eigenvalue weighted by molar-refractivity contribution is -0.137. The van der Waals surface area contributed by atoms with Crippen molar-refractivity contribution in [2.75, 3.05) is 0 Å². The molecule has 6 heteroatoms. The van der Waals surface area contributed by atoms with Crippen LogP contribution in [0.3, 0.4) is 0 Å². The van der Waals surface area contributed by atoms with Gasteiger partial charge >= 0.3 is 5.97 Å². The average Bonchev–Trinajstić information content (AvgIpc) is 2.45. The normalized spacial score (nSPS) is 10.2. The molecule has 0 spiro atoms. The van der Waals surface area contributed by atoms with Crippen molar-refractivity contribution in [1.29, 1.82) is 0 Å². The third kappa shape index (κ3) is 3.82. The number of rotatable bonds is 2. The van der Waals surface area contributed by atoms with E-state index in [0.29, 0.717) is 29.0 Å². The van der Waals surface area contributed by atoms with E-state index >= 15 is 0 Å². The van der Waals surface area contributed by atoms with Gasteiger partial charge in [-0.25, -0.2) is 4.98 Å². The van der Waals surface area contributed by atoms with Crippen LogP contribution in [-0.2, 0) is 4.79 Å². The average molecular weight is 301 g/mol. The quantitative estimate of drug-likeness (QED) is 0.706. The maximum Gasteiger partial charge on any atom is 0.303 e. The van der Waals surface area contributed by atoms with Crippen LogP contribution in [0.2, 0.25) is 0 Å². The van der Waals surface area contributed by atoms with Gasteiger partial charge in [-0.1, -0.05) is 6.92 Å². The summed E-state index contributed by atoms with van der Waals surface area (Å²) in [4.78, 5) is 25.1. The monoisotopic (exact) mass is 301 g/mol. The highest BCUT2D eigenvalue weighted by atomic mass is 16.4. The number of aromatic hydroxyl groups is 1. The molecule has 1 heterocycles. The van der Waals surface area contributed by atoms with E-state index in [2.05, 4.69) is 4.98 Å². The summed E-state index contributed by atoms with van der Waals surface area (Å²) in [5.74, 6) is -0.182. The van der Waals surface area contributed by atoms with Crippen LogP contribution in [0.25, 0.3) is 22.6 Å². The summed E-state index contributed by atoms with van der Waals surface area (Å²) in [5.41, 5.74) is 1.59. The van der Waals surface area contributed by atoms with E-state index in [-0.39, 0.29) is 11.2 Å². The zero-order chi connectivity index (χ0) is 16.1. The van der Waals surface area contributed by atoms with Gasteiger partial charge in [-0.05, 0) is 30.7 Å². The molecular formula is C16H15NO5. The van der Waals surface area contributed by atoms with Crippen LogP contribution in [0.5, 0.6) is 5.75 Å². The largest absolute Gasteiger partial charge is 0.508 e. The van der Waals surface area contributed by atoms with Crippen molar-refractivity contribution in [3.63, 3.8) is 0 Å². The molecule has 0 saturated carbocycles. The fraction of sp³-hybridized carbons (Fsp3) is 0.188. The molecule has 1 aromatic carbocycles. The predicted octanol–water partition coefficient (Wildman–Crippen LogP) is 2.87. The molecule has 0 atom stereocenters. The number of carboxylic acid groups (broad SMARTS) is 1. The third-order valence-electron chi connectivity index (χ3n) is 2.80. The molecule has 0 aromatic heterocycles. The Bertz CT molecular complexity index is 824. The van der Waals surface area contributed by atoms with Gasteiger partial charge in [0.15, 0.2) is 16.8 Å². The Labute approximate surface area is 126 Å². The van der Waals surface area contributed by atoms with Crippen molar-refractivity contribution in [1.82, 2.24) is 4.98 Å². The minimum absolute atomic E-state index is 0.107. The van der Waals surface area contributed by atoms with E-state index in [1.54, 1.807) is 18.2 Å². The molecule has 22 heavy (non-hydrogen) atoms. The van der Waals surface area contributed by atoms with Crippen LogP contribution in [0.1, 0.15) is 19.8 Å². The lowest BCUT2D eigenvalue weighted by Gasteiger charge is -2.05. The van der Waals surface area contributed by atoms with Crippen LogP contribution in [0, 0.1) is 0 Å². The van der Waals surface area contributed by atoms with E-state index in [9.17, 15) is 14.7 Å². The Morgan fingerprint density at radius 2 is 2.00 bits per heavy atom. The lowest BCUT2D eigenvalue weighted by atomic mass is 10.2. The highest BCUT2D eigenvalue weighted by Gasteiger charge is 2.09. The number of nitrogens with zero attached hydrogens (tertiary/aromatic N) is 1. The zero-order valence-electron chi connectivity index (χ0n) is 11.9. The maximum absolute atomic E-state index is 11.1. The van der Waals surface area contributed by atoms with E-state index in [4.69, 9.17) is 9.52 Å². The number of hydrogen-bond donors (Lipinski definition) is 2. The molecular weight excluding hydrogens is 286 g/mol. The number of aliphatic carboxylic acids is 1. The van der Waals surface area contributed by atoms with Crippen LogP contribution in [-0.4, -0.2) is 21.2 Å². The minimum atomic E-state index is -0.711. The number of carbonyl (C=O) groups is 1. The molecule has 1 aromatic rings. The Morgan fingerprint density at radius 3 is 2.64 bits per heavy atom. The molecule has 3 rings (SSSR count). The fourth-order valence-corrected chi connectivity index (χ4v) is 1.81. The summed E-state index contributed by atoms with van der Waals surface area (Å²) in [5, 5.41) is 17.2. The van der Waals surface area contributed by atoms with E-state index in [0.717, 1.165) is 6.42 Å². The molecule has 0 bridgehead atoms. The Morgan fingerprint density at radius 1 is 1.23 bits per heavy atom. The second-order valence-corrected chi connectivity index (χ2v) is 4.64. The van der Waals surface area contributed by atoms with Crippen molar-refractivity contribution in [3.05, 3.63) is 46.6 Å². The molecule has 0 unspecified atom stereocenters. The summed E-state index contributed by atoms with van der Waals surface area (Å²) in [7, 11) is 0. The van der Waals surface area contributed by atoms with Crippen molar-refractivity contribution in [3.8, 4) is 17.2 Å². The first-order chi connectivity index (χ1) is 10.5. The highest BCUT2D eigenvalue weighted by Crippen LogP contribution is 2.25. The fourth-order valence-electron chi connectivity index (χ4n) is 1.81. The van der Waals surface area contributed by atoms with E-state index in [1.807, 2.05) is 6.92 Å². The van der Waals surface area contributed by atoms with Crippen LogP contribution >= 0.6 is 0 Å². The second kappa shape index (κ2) is 6.71. The van der Waals surface area contributed by atoms with Gasteiger partial charge < -0.3 is 14.6 Å². The SMILES string of the molecule is CCCC(=O)O.O=c1ccc2nc3ccc(O)cc3oc-2c1. The lowest BCUT2D eigenvalue weighted by Crippen LogP contribution is -1.99. The minimum Gasteiger partial charge on any atom is -0.508 e. The van der Waals surface area contributed by atoms with Crippen molar-refractivity contribution in [2.24, 2.45) is 0 Å². The van der Waals surface area contributed by atoms with Crippen LogP contribution in [0.4, 0.5) is 0 Å². The molecule has 114 valence electrons. The van der Waals surface area contributed by atoms with Crippen molar-refractivity contribution < 1.29 is 19.4 Å². The first-order valence-corrected chi connectivity index (χ1v) is 6.75. The molecule has 1 aliphatic heterocycles. The molecule has 1 aliphatic carbocycles. The number of phenolic OH excluding ortho intramolecular Hbond substituents is 1. The van der Waals surface area contributed by atoms with Crippen LogP contribution < -0.4 is 5.43 Å². The maximum atomic E-state index is 11.1. The van der Waals surface area contributed by atoms with Gasteiger partial charge in [0.05, 0.1) is 0 Å². The topological polar surface area (TPSA) is 101 Å². The molecule has 2 aliphatic rings. The van der Waals surface area contributed by atoms with Gasteiger partial charge in [-0.3, -0.25) is 9.59 Å². The van der Waals surface area contributed by atoms with Gasteiger partial charge in [0.25, 0.3) is 0 Å². The number of aromatic nitrogens is 1. The Balaban J connectivity index is 0.000000254. The number of carboxylic acids is 1. The molecule has 0 radical (unpaired) electrons. The Hall–Kier alpha value is -2.89. The number of phenols is 1. The predicted molar refractivity (Wildman–Crippen MR) is 81.1 cm³/mol.